The highest BCUT2D eigenvalue weighted by Crippen LogP contribution is 2.26. The maximum absolute atomic E-state index is 13.1. The van der Waals surface area contributed by atoms with E-state index < -0.39 is 0 Å². The Balaban J connectivity index is 2.01. The van der Waals surface area contributed by atoms with Crippen molar-refractivity contribution >= 4 is 28.3 Å². The van der Waals surface area contributed by atoms with Crippen LogP contribution in [0.2, 0.25) is 0 Å². The van der Waals surface area contributed by atoms with Crippen LogP contribution in [0, 0.1) is 11.8 Å². The Morgan fingerprint density at radius 1 is 1.31 bits per heavy atom. The molecular weight excluding hydrogens is 346 g/mol. The minimum atomic E-state index is -0.144. The van der Waals surface area contributed by atoms with Crippen LogP contribution in [0.15, 0.2) is 11.6 Å². The van der Waals surface area contributed by atoms with Crippen molar-refractivity contribution in [1.82, 2.24) is 9.88 Å². The lowest BCUT2D eigenvalue weighted by molar-refractivity contribution is -0.139. The molecule has 0 radical (unpaired) electrons. The van der Waals surface area contributed by atoms with Crippen molar-refractivity contribution in [3.05, 3.63) is 11.6 Å². The molecule has 1 saturated carbocycles. The molecule has 0 aliphatic heterocycles. The van der Waals surface area contributed by atoms with E-state index >= 15 is 0 Å². The minimum Gasteiger partial charge on any atom is -0.333 e. The first-order chi connectivity index (χ1) is 12.6. The van der Waals surface area contributed by atoms with Crippen molar-refractivity contribution in [2.45, 2.75) is 71.6 Å². The van der Waals surface area contributed by atoms with Crippen LogP contribution in [0.3, 0.4) is 0 Å². The lowest BCUT2D eigenvalue weighted by Gasteiger charge is -2.31. The zero-order valence-electron chi connectivity index (χ0n) is 16.2. The number of amides is 2. The van der Waals surface area contributed by atoms with Gasteiger partial charge in [-0.15, -0.1) is 11.3 Å². The van der Waals surface area contributed by atoms with Crippen LogP contribution < -0.4 is 5.32 Å². The maximum atomic E-state index is 13.1. The van der Waals surface area contributed by atoms with Crippen molar-refractivity contribution in [1.29, 1.82) is 0 Å². The average molecular weight is 380 g/mol. The summed E-state index contributed by atoms with van der Waals surface area (Å²) >= 11 is 1.40. The van der Waals surface area contributed by atoms with Crippen LogP contribution in [0.1, 0.15) is 71.6 Å². The number of aromatic nitrogens is 1. The highest BCUT2D eigenvalue weighted by atomic mass is 32.1. The predicted octanol–water partition coefficient (Wildman–Crippen LogP) is 4.71. The molecule has 0 saturated heterocycles. The number of carbonyl (C=O) groups excluding carboxylic acids is 2. The number of nitrogens with one attached hydrogen (secondary N) is 1. The highest BCUT2D eigenvalue weighted by Gasteiger charge is 2.27. The Labute approximate surface area is 161 Å². The first kappa shape index (κ1) is 20.9. The molecule has 1 unspecified atom stereocenters. The molecule has 5 nitrogen and oxygen atoms in total. The molecule has 0 spiro atoms. The summed E-state index contributed by atoms with van der Waals surface area (Å²) in [5.74, 6) is 0.575. The molecular formula is C20H33N3O2S. The number of unbranched alkanes of at least 4 members (excludes halogenated alkanes) is 1. The second-order valence-electron chi connectivity index (χ2n) is 7.36. The molecule has 2 rings (SSSR count). The summed E-state index contributed by atoms with van der Waals surface area (Å²) in [4.78, 5) is 31.5. The Morgan fingerprint density at radius 2 is 2.08 bits per heavy atom. The summed E-state index contributed by atoms with van der Waals surface area (Å²) in [6.45, 7) is 5.08. The summed E-state index contributed by atoms with van der Waals surface area (Å²) < 4.78 is 0. The van der Waals surface area contributed by atoms with Crippen molar-refractivity contribution in [2.24, 2.45) is 11.8 Å². The van der Waals surface area contributed by atoms with Crippen LogP contribution >= 0.6 is 11.3 Å². The van der Waals surface area contributed by atoms with Crippen molar-refractivity contribution < 1.29 is 9.59 Å². The van der Waals surface area contributed by atoms with Gasteiger partial charge in [-0.25, -0.2) is 4.98 Å². The zero-order valence-corrected chi connectivity index (χ0v) is 17.0. The Bertz CT molecular complexity index is 541. The molecule has 0 bridgehead atoms. The number of thiazole rings is 1. The first-order valence-corrected chi connectivity index (χ1v) is 11.0. The van der Waals surface area contributed by atoms with Gasteiger partial charge in [-0.1, -0.05) is 46.0 Å². The van der Waals surface area contributed by atoms with Crippen molar-refractivity contribution in [2.75, 3.05) is 18.4 Å². The zero-order chi connectivity index (χ0) is 18.8. The summed E-state index contributed by atoms with van der Waals surface area (Å²) in [6.07, 6.45) is 11.7. The predicted molar refractivity (Wildman–Crippen MR) is 107 cm³/mol. The molecule has 1 heterocycles. The minimum absolute atomic E-state index is 0.0335. The molecule has 6 heteroatoms. The van der Waals surface area contributed by atoms with E-state index in [1.54, 1.807) is 6.20 Å². The van der Waals surface area contributed by atoms with E-state index in [0.29, 0.717) is 17.6 Å². The molecule has 1 N–H and O–H groups in total. The van der Waals surface area contributed by atoms with Crippen LogP contribution in [-0.2, 0) is 9.59 Å². The standard InChI is InChI=1S/C20H33N3O2S/c1-3-5-11-17(4-2)19(25)23(14-16-9-7-6-8-10-16)15-18(24)22-20-21-12-13-26-20/h12-13,16-17H,3-11,14-15H2,1-2H3,(H,21,22,24). The second kappa shape index (κ2) is 11.3. The number of hydrogen-bond donors (Lipinski definition) is 1. The fourth-order valence-corrected chi connectivity index (χ4v) is 4.29. The molecule has 2 amide bonds. The number of hydrogen-bond acceptors (Lipinski definition) is 4. The molecule has 1 aliphatic carbocycles. The fourth-order valence-electron chi connectivity index (χ4n) is 3.74. The van der Waals surface area contributed by atoms with Gasteiger partial charge in [-0.3, -0.25) is 9.59 Å². The summed E-state index contributed by atoms with van der Waals surface area (Å²) in [5.41, 5.74) is 0. The third kappa shape index (κ3) is 6.71. The van der Waals surface area contributed by atoms with E-state index in [1.165, 1.54) is 43.4 Å². The van der Waals surface area contributed by atoms with Gasteiger partial charge >= 0.3 is 0 Å². The van der Waals surface area contributed by atoms with Gasteiger partial charge < -0.3 is 10.2 Å². The van der Waals surface area contributed by atoms with E-state index in [-0.39, 0.29) is 24.3 Å². The SMILES string of the molecule is CCCCC(CC)C(=O)N(CC(=O)Nc1nccs1)CC1CCCCC1. The summed E-state index contributed by atoms with van der Waals surface area (Å²) in [5, 5.41) is 5.25. The lowest BCUT2D eigenvalue weighted by atomic mass is 9.88. The number of rotatable bonds is 10. The molecule has 146 valence electrons. The average Bonchev–Trinajstić information content (AvgIpc) is 3.15. The molecule has 1 atom stereocenters. The van der Waals surface area contributed by atoms with Gasteiger partial charge in [0.1, 0.15) is 0 Å². The third-order valence-corrected chi connectivity index (χ3v) is 5.96. The van der Waals surface area contributed by atoms with Gasteiger partial charge in [0.2, 0.25) is 11.8 Å². The van der Waals surface area contributed by atoms with Gasteiger partial charge in [0.05, 0.1) is 6.54 Å². The van der Waals surface area contributed by atoms with Gasteiger partial charge in [-0.05, 0) is 31.6 Å². The maximum Gasteiger partial charge on any atom is 0.245 e. The highest BCUT2D eigenvalue weighted by molar-refractivity contribution is 7.13. The monoisotopic (exact) mass is 379 g/mol. The van der Waals surface area contributed by atoms with Gasteiger partial charge in [-0.2, -0.15) is 0 Å². The normalized spacial score (nSPS) is 16.2. The Morgan fingerprint density at radius 3 is 2.69 bits per heavy atom. The number of anilines is 1. The molecule has 0 aromatic carbocycles. The molecule has 1 aromatic heterocycles. The van der Waals surface area contributed by atoms with E-state index in [4.69, 9.17) is 0 Å². The smallest absolute Gasteiger partial charge is 0.245 e. The Hall–Kier alpha value is -1.43. The molecule has 1 aromatic rings. The molecule has 1 aliphatic rings. The van der Waals surface area contributed by atoms with Crippen molar-refractivity contribution in [3.63, 3.8) is 0 Å². The van der Waals surface area contributed by atoms with E-state index in [1.807, 2.05) is 10.3 Å². The number of carbonyl (C=O) groups is 2. The topological polar surface area (TPSA) is 62.3 Å². The molecule has 26 heavy (non-hydrogen) atoms. The summed E-state index contributed by atoms with van der Waals surface area (Å²) in [6, 6.07) is 0. The number of nitrogens with zero attached hydrogens (tertiary/aromatic N) is 2. The van der Waals surface area contributed by atoms with E-state index in [2.05, 4.69) is 24.1 Å². The van der Waals surface area contributed by atoms with E-state index in [9.17, 15) is 9.59 Å². The molecule has 1 fully saturated rings. The van der Waals surface area contributed by atoms with Gasteiger partial charge in [0.25, 0.3) is 0 Å². The lowest BCUT2D eigenvalue weighted by Crippen LogP contribution is -2.44. The van der Waals surface area contributed by atoms with Crippen LogP contribution in [0.4, 0.5) is 5.13 Å². The van der Waals surface area contributed by atoms with Crippen molar-refractivity contribution in [3.8, 4) is 0 Å². The third-order valence-electron chi connectivity index (χ3n) is 5.28. The fraction of sp³-hybridized carbons (Fsp3) is 0.750. The summed E-state index contributed by atoms with van der Waals surface area (Å²) in [7, 11) is 0. The van der Waals surface area contributed by atoms with Gasteiger partial charge in [0, 0.05) is 24.0 Å². The van der Waals surface area contributed by atoms with Crippen LogP contribution in [0.5, 0.6) is 0 Å². The largest absolute Gasteiger partial charge is 0.333 e. The quantitative estimate of drug-likeness (QED) is 0.640. The first-order valence-electron chi connectivity index (χ1n) is 10.1. The van der Waals surface area contributed by atoms with Gasteiger partial charge in [0.15, 0.2) is 5.13 Å². The van der Waals surface area contributed by atoms with E-state index in [0.717, 1.165) is 25.7 Å². The Kier molecular flexibility index (Phi) is 9.09. The van der Waals surface area contributed by atoms with Crippen LogP contribution in [0.25, 0.3) is 0 Å². The second-order valence-corrected chi connectivity index (χ2v) is 8.25. The van der Waals surface area contributed by atoms with Crippen LogP contribution in [-0.4, -0.2) is 34.8 Å².